The third-order valence-corrected chi connectivity index (χ3v) is 4.52. The van der Waals surface area contributed by atoms with E-state index < -0.39 is 0 Å². The van der Waals surface area contributed by atoms with Crippen LogP contribution in [0.4, 0.5) is 5.82 Å². The third-order valence-electron chi connectivity index (χ3n) is 4.52. The summed E-state index contributed by atoms with van der Waals surface area (Å²) in [5.41, 5.74) is 3.36. The summed E-state index contributed by atoms with van der Waals surface area (Å²) in [7, 11) is 0. The summed E-state index contributed by atoms with van der Waals surface area (Å²) in [5, 5.41) is 13.0. The second-order valence-corrected chi connectivity index (χ2v) is 6.29. The molecule has 3 heterocycles. The van der Waals surface area contributed by atoms with Crippen molar-refractivity contribution < 1.29 is 0 Å². The second-order valence-electron chi connectivity index (χ2n) is 6.29. The fraction of sp³-hybridized carbons (Fsp3) is 0.500. The predicted octanol–water partition coefficient (Wildman–Crippen LogP) is 0.967. The largest absolute Gasteiger partial charge is 0.354 e. The highest BCUT2D eigenvalue weighted by Gasteiger charge is 2.29. The van der Waals surface area contributed by atoms with Gasteiger partial charge in [-0.2, -0.15) is 10.2 Å². The first-order chi connectivity index (χ1) is 10.7. The van der Waals surface area contributed by atoms with Gasteiger partial charge in [0.15, 0.2) is 5.82 Å². The Hall–Kier alpha value is -2.24. The van der Waals surface area contributed by atoms with Gasteiger partial charge in [-0.1, -0.05) is 0 Å². The molecule has 22 heavy (non-hydrogen) atoms. The number of nitrogens with zero attached hydrogens (tertiary/aromatic N) is 5. The van der Waals surface area contributed by atoms with E-state index in [1.165, 1.54) is 12.0 Å². The molecule has 114 valence electrons. The van der Waals surface area contributed by atoms with Crippen LogP contribution in [0.5, 0.6) is 0 Å². The topological polar surface area (TPSA) is 63.9 Å². The molecule has 0 aromatic carbocycles. The second kappa shape index (κ2) is 5.19. The van der Waals surface area contributed by atoms with Crippen molar-refractivity contribution in [2.45, 2.75) is 32.7 Å². The first-order valence-corrected chi connectivity index (χ1v) is 7.84. The van der Waals surface area contributed by atoms with Gasteiger partial charge in [-0.3, -0.25) is 4.79 Å². The summed E-state index contributed by atoms with van der Waals surface area (Å²) in [6, 6.07) is 5.53. The van der Waals surface area contributed by atoms with Gasteiger partial charge in [0.2, 0.25) is 0 Å². The number of hydrogen-bond acceptors (Lipinski definition) is 5. The van der Waals surface area contributed by atoms with Crippen molar-refractivity contribution in [1.82, 2.24) is 20.0 Å². The monoisotopic (exact) mass is 297 g/mol. The maximum Gasteiger partial charge on any atom is 0.266 e. The smallest absolute Gasteiger partial charge is 0.266 e. The molecule has 0 atom stereocenters. The summed E-state index contributed by atoms with van der Waals surface area (Å²) in [6.45, 7) is 4.41. The molecule has 2 aliphatic rings. The highest BCUT2D eigenvalue weighted by Crippen LogP contribution is 2.27. The Bertz CT molecular complexity index is 763. The molecule has 2 aromatic heterocycles. The first-order valence-electron chi connectivity index (χ1n) is 7.84. The van der Waals surface area contributed by atoms with E-state index in [-0.39, 0.29) is 5.56 Å². The van der Waals surface area contributed by atoms with Gasteiger partial charge >= 0.3 is 0 Å². The minimum atomic E-state index is -0.0265. The Kier molecular flexibility index (Phi) is 3.17. The van der Waals surface area contributed by atoms with Crippen LogP contribution < -0.4 is 10.5 Å². The number of aryl methyl sites for hydroxylation is 3. The molecule has 1 saturated heterocycles. The standard InChI is InChI=1S/C16H19N5O/c1-11-5-6-16(22)21(19-11)10-12-8-20(9-12)15-7-13-3-2-4-14(13)17-18-15/h5-7,12H,2-4,8-10H2,1H3. The minimum absolute atomic E-state index is 0.0265. The van der Waals surface area contributed by atoms with Gasteiger partial charge in [0.25, 0.3) is 5.56 Å². The van der Waals surface area contributed by atoms with Gasteiger partial charge in [0, 0.05) is 25.1 Å². The molecule has 4 rings (SSSR count). The van der Waals surface area contributed by atoms with E-state index in [1.807, 2.05) is 6.92 Å². The number of hydrogen-bond donors (Lipinski definition) is 0. The van der Waals surface area contributed by atoms with E-state index in [0.29, 0.717) is 12.5 Å². The van der Waals surface area contributed by atoms with Crippen LogP contribution in [0.15, 0.2) is 23.0 Å². The summed E-state index contributed by atoms with van der Waals surface area (Å²) < 4.78 is 1.58. The summed E-state index contributed by atoms with van der Waals surface area (Å²) in [4.78, 5) is 14.0. The van der Waals surface area contributed by atoms with Gasteiger partial charge in [0.1, 0.15) is 0 Å². The Labute approximate surface area is 128 Å². The van der Waals surface area contributed by atoms with Gasteiger partial charge in [-0.15, -0.1) is 5.10 Å². The Morgan fingerprint density at radius 2 is 2.09 bits per heavy atom. The lowest BCUT2D eigenvalue weighted by atomic mass is 10.00. The van der Waals surface area contributed by atoms with Crippen molar-refractivity contribution in [3.63, 3.8) is 0 Å². The molecule has 0 bridgehead atoms. The van der Waals surface area contributed by atoms with Crippen LogP contribution in [-0.2, 0) is 19.4 Å². The van der Waals surface area contributed by atoms with Crippen molar-refractivity contribution in [1.29, 1.82) is 0 Å². The van der Waals surface area contributed by atoms with Crippen molar-refractivity contribution in [2.75, 3.05) is 18.0 Å². The van der Waals surface area contributed by atoms with E-state index in [9.17, 15) is 4.79 Å². The van der Waals surface area contributed by atoms with Crippen LogP contribution in [0, 0.1) is 12.8 Å². The van der Waals surface area contributed by atoms with Crippen LogP contribution in [0.2, 0.25) is 0 Å². The zero-order valence-electron chi connectivity index (χ0n) is 12.7. The van der Waals surface area contributed by atoms with Crippen molar-refractivity contribution in [3.8, 4) is 0 Å². The van der Waals surface area contributed by atoms with Gasteiger partial charge in [0.05, 0.1) is 17.9 Å². The molecule has 0 saturated carbocycles. The molecule has 6 heteroatoms. The summed E-state index contributed by atoms with van der Waals surface area (Å²) >= 11 is 0. The van der Waals surface area contributed by atoms with Crippen molar-refractivity contribution in [3.05, 3.63) is 45.5 Å². The average Bonchev–Trinajstić information content (AvgIpc) is 2.93. The number of anilines is 1. The van der Waals surface area contributed by atoms with E-state index in [2.05, 4.69) is 26.3 Å². The maximum absolute atomic E-state index is 11.8. The predicted molar refractivity (Wildman–Crippen MR) is 83.0 cm³/mol. The molecule has 0 amide bonds. The summed E-state index contributed by atoms with van der Waals surface area (Å²) in [6.07, 6.45) is 3.38. The van der Waals surface area contributed by atoms with Crippen LogP contribution >= 0.6 is 0 Å². The van der Waals surface area contributed by atoms with Gasteiger partial charge in [-0.25, -0.2) is 4.68 Å². The molecule has 0 radical (unpaired) electrons. The highest BCUT2D eigenvalue weighted by atomic mass is 16.1. The van der Waals surface area contributed by atoms with E-state index in [4.69, 9.17) is 0 Å². The fourth-order valence-corrected chi connectivity index (χ4v) is 3.27. The van der Waals surface area contributed by atoms with Crippen LogP contribution in [0.3, 0.4) is 0 Å². The lowest BCUT2D eigenvalue weighted by molar-refractivity contribution is 0.331. The van der Waals surface area contributed by atoms with Crippen molar-refractivity contribution >= 4 is 5.82 Å². The number of aromatic nitrogens is 4. The zero-order chi connectivity index (χ0) is 15.1. The molecular weight excluding hydrogens is 278 g/mol. The Morgan fingerprint density at radius 3 is 2.95 bits per heavy atom. The van der Waals surface area contributed by atoms with Crippen LogP contribution in [0.1, 0.15) is 23.4 Å². The summed E-state index contributed by atoms with van der Waals surface area (Å²) in [5.74, 6) is 1.42. The zero-order valence-corrected chi connectivity index (χ0v) is 12.7. The lowest BCUT2D eigenvalue weighted by Gasteiger charge is -2.39. The Balaban J connectivity index is 1.42. The molecule has 1 aliphatic carbocycles. The Morgan fingerprint density at radius 1 is 1.23 bits per heavy atom. The molecule has 0 spiro atoms. The average molecular weight is 297 g/mol. The SMILES string of the molecule is Cc1ccc(=O)n(CC2CN(c3cc4c(nn3)CCC4)C2)n1. The van der Waals surface area contributed by atoms with E-state index in [1.54, 1.807) is 16.8 Å². The molecule has 0 unspecified atom stereocenters. The van der Waals surface area contributed by atoms with Crippen molar-refractivity contribution in [2.24, 2.45) is 5.92 Å². The van der Waals surface area contributed by atoms with Gasteiger partial charge < -0.3 is 4.90 Å². The molecule has 2 aromatic rings. The van der Waals surface area contributed by atoms with Gasteiger partial charge in [-0.05, 0) is 43.9 Å². The fourth-order valence-electron chi connectivity index (χ4n) is 3.27. The maximum atomic E-state index is 11.8. The van der Waals surface area contributed by atoms with Crippen LogP contribution in [0.25, 0.3) is 0 Å². The molecule has 0 N–H and O–H groups in total. The molecule has 1 fully saturated rings. The lowest BCUT2D eigenvalue weighted by Crippen LogP contribution is -2.50. The minimum Gasteiger partial charge on any atom is -0.354 e. The first kappa shape index (κ1) is 13.4. The van der Waals surface area contributed by atoms with Crippen LogP contribution in [-0.4, -0.2) is 33.1 Å². The number of fused-ring (bicyclic) bond motifs is 1. The number of rotatable bonds is 3. The highest BCUT2D eigenvalue weighted by molar-refractivity contribution is 5.45. The van der Waals surface area contributed by atoms with E-state index in [0.717, 1.165) is 43.1 Å². The molecule has 1 aliphatic heterocycles. The third kappa shape index (κ3) is 2.38. The quantitative estimate of drug-likeness (QED) is 0.844. The normalized spacial score (nSPS) is 17.4. The molecular formula is C16H19N5O. The molecule has 6 nitrogen and oxygen atoms in total. The van der Waals surface area contributed by atoms with E-state index >= 15 is 0 Å².